The molecule has 4 heteroatoms. The SMILES string of the molecule is CCNN1CCN(c2ccccn2)CC1. The quantitative estimate of drug-likeness (QED) is 0.790. The van der Waals surface area contributed by atoms with E-state index < -0.39 is 0 Å². The number of hydrogen-bond acceptors (Lipinski definition) is 4. The Morgan fingerprint density at radius 2 is 2.07 bits per heavy atom. The Morgan fingerprint density at radius 3 is 2.67 bits per heavy atom. The summed E-state index contributed by atoms with van der Waals surface area (Å²) in [5, 5.41) is 2.28. The molecule has 4 nitrogen and oxygen atoms in total. The molecule has 82 valence electrons. The summed E-state index contributed by atoms with van der Waals surface area (Å²) in [6.45, 7) is 7.34. The van der Waals surface area contributed by atoms with E-state index in [2.05, 4.69) is 33.3 Å². The van der Waals surface area contributed by atoms with Gasteiger partial charge in [0, 0.05) is 38.9 Å². The van der Waals surface area contributed by atoms with E-state index >= 15 is 0 Å². The van der Waals surface area contributed by atoms with Crippen molar-refractivity contribution in [1.29, 1.82) is 0 Å². The van der Waals surface area contributed by atoms with Gasteiger partial charge < -0.3 is 4.90 Å². The van der Waals surface area contributed by atoms with Gasteiger partial charge in [0.15, 0.2) is 0 Å². The molecule has 1 aromatic rings. The van der Waals surface area contributed by atoms with Gasteiger partial charge in [0.25, 0.3) is 0 Å². The highest BCUT2D eigenvalue weighted by Gasteiger charge is 2.16. The molecule has 0 amide bonds. The Balaban J connectivity index is 1.88. The molecule has 1 aliphatic heterocycles. The molecule has 0 radical (unpaired) electrons. The van der Waals surface area contributed by atoms with Gasteiger partial charge >= 0.3 is 0 Å². The Hall–Kier alpha value is -1.13. The third-order valence-corrected chi connectivity index (χ3v) is 2.63. The van der Waals surface area contributed by atoms with Crippen LogP contribution in [0.1, 0.15) is 6.92 Å². The topological polar surface area (TPSA) is 31.4 Å². The fourth-order valence-electron chi connectivity index (χ4n) is 1.86. The largest absolute Gasteiger partial charge is 0.354 e. The molecule has 0 atom stereocenters. The molecule has 2 heterocycles. The maximum absolute atomic E-state index is 4.36. The summed E-state index contributed by atoms with van der Waals surface area (Å²) >= 11 is 0. The van der Waals surface area contributed by atoms with Crippen LogP contribution in [0, 0.1) is 0 Å². The minimum absolute atomic E-state index is 1.00. The highest BCUT2D eigenvalue weighted by atomic mass is 15.5. The molecule has 2 rings (SSSR count). The lowest BCUT2D eigenvalue weighted by atomic mass is 10.3. The normalized spacial score (nSPS) is 18.1. The Bertz CT molecular complexity index is 280. The van der Waals surface area contributed by atoms with Crippen molar-refractivity contribution in [2.24, 2.45) is 0 Å². The predicted molar refractivity (Wildman–Crippen MR) is 61.7 cm³/mol. The number of hydrogen-bond donors (Lipinski definition) is 1. The molecule has 0 aliphatic carbocycles. The summed E-state index contributed by atoms with van der Waals surface area (Å²) in [6.07, 6.45) is 1.85. The second kappa shape index (κ2) is 5.09. The molecule has 1 aliphatic rings. The molecule has 0 spiro atoms. The van der Waals surface area contributed by atoms with Gasteiger partial charge in [0.05, 0.1) is 0 Å². The lowest BCUT2D eigenvalue weighted by Crippen LogP contribution is -2.52. The van der Waals surface area contributed by atoms with Gasteiger partial charge in [-0.3, -0.25) is 5.43 Å². The third kappa shape index (κ3) is 2.67. The van der Waals surface area contributed by atoms with Gasteiger partial charge in [0.2, 0.25) is 0 Å². The zero-order chi connectivity index (χ0) is 10.5. The van der Waals surface area contributed by atoms with E-state index in [1.54, 1.807) is 0 Å². The van der Waals surface area contributed by atoms with Gasteiger partial charge in [-0.1, -0.05) is 13.0 Å². The van der Waals surface area contributed by atoms with Gasteiger partial charge in [-0.2, -0.15) is 0 Å². The summed E-state index contributed by atoms with van der Waals surface area (Å²) in [5.74, 6) is 1.09. The van der Waals surface area contributed by atoms with E-state index in [0.717, 1.165) is 38.5 Å². The van der Waals surface area contributed by atoms with Crippen LogP contribution < -0.4 is 10.3 Å². The fourth-order valence-corrected chi connectivity index (χ4v) is 1.86. The Kier molecular flexibility index (Phi) is 3.53. The van der Waals surface area contributed by atoms with Crippen LogP contribution in [0.15, 0.2) is 24.4 Å². The summed E-state index contributed by atoms with van der Waals surface area (Å²) in [7, 11) is 0. The van der Waals surface area contributed by atoms with Crippen molar-refractivity contribution in [3.05, 3.63) is 24.4 Å². The maximum atomic E-state index is 4.36. The zero-order valence-corrected chi connectivity index (χ0v) is 9.19. The minimum atomic E-state index is 1.00. The van der Waals surface area contributed by atoms with Gasteiger partial charge in [-0.05, 0) is 12.1 Å². The second-order valence-electron chi connectivity index (χ2n) is 3.67. The number of pyridine rings is 1. The monoisotopic (exact) mass is 206 g/mol. The molecule has 0 unspecified atom stereocenters. The molecule has 1 N–H and O–H groups in total. The molecule has 0 saturated carbocycles. The van der Waals surface area contributed by atoms with Crippen LogP contribution in [0.5, 0.6) is 0 Å². The van der Waals surface area contributed by atoms with E-state index in [4.69, 9.17) is 0 Å². The van der Waals surface area contributed by atoms with Gasteiger partial charge in [-0.15, -0.1) is 0 Å². The number of piperazine rings is 1. The number of nitrogens with zero attached hydrogens (tertiary/aromatic N) is 3. The number of rotatable bonds is 3. The van der Waals surface area contributed by atoms with Crippen LogP contribution >= 0.6 is 0 Å². The number of anilines is 1. The molecular weight excluding hydrogens is 188 g/mol. The molecule has 1 saturated heterocycles. The fraction of sp³-hybridized carbons (Fsp3) is 0.545. The summed E-state index contributed by atoms with van der Waals surface area (Å²) in [5.41, 5.74) is 3.34. The van der Waals surface area contributed by atoms with E-state index in [1.165, 1.54) is 0 Å². The second-order valence-corrected chi connectivity index (χ2v) is 3.67. The van der Waals surface area contributed by atoms with Crippen LogP contribution in [0.2, 0.25) is 0 Å². The number of aromatic nitrogens is 1. The first-order valence-corrected chi connectivity index (χ1v) is 5.54. The van der Waals surface area contributed by atoms with Crippen LogP contribution in [0.25, 0.3) is 0 Å². The Morgan fingerprint density at radius 1 is 1.27 bits per heavy atom. The van der Waals surface area contributed by atoms with Gasteiger partial charge in [0.1, 0.15) is 5.82 Å². The smallest absolute Gasteiger partial charge is 0.128 e. The lowest BCUT2D eigenvalue weighted by Gasteiger charge is -2.35. The molecule has 0 bridgehead atoms. The first kappa shape index (κ1) is 10.4. The van der Waals surface area contributed by atoms with Crippen LogP contribution in [-0.2, 0) is 0 Å². The van der Waals surface area contributed by atoms with Crippen LogP contribution in [-0.4, -0.2) is 42.7 Å². The molecule has 0 aromatic carbocycles. The first-order valence-electron chi connectivity index (χ1n) is 5.54. The minimum Gasteiger partial charge on any atom is -0.354 e. The molecule has 15 heavy (non-hydrogen) atoms. The first-order chi connectivity index (χ1) is 7.40. The highest BCUT2D eigenvalue weighted by molar-refractivity contribution is 5.38. The Labute approximate surface area is 90.9 Å². The van der Waals surface area contributed by atoms with Crippen molar-refractivity contribution < 1.29 is 0 Å². The van der Waals surface area contributed by atoms with E-state index in [9.17, 15) is 0 Å². The predicted octanol–water partition coefficient (Wildman–Crippen LogP) is 0.728. The highest BCUT2D eigenvalue weighted by Crippen LogP contribution is 2.11. The van der Waals surface area contributed by atoms with Gasteiger partial charge in [-0.25, -0.2) is 9.99 Å². The van der Waals surface area contributed by atoms with E-state index in [-0.39, 0.29) is 0 Å². The van der Waals surface area contributed by atoms with E-state index in [1.807, 2.05) is 18.3 Å². The lowest BCUT2D eigenvalue weighted by molar-refractivity contribution is 0.181. The molecule has 1 aromatic heterocycles. The van der Waals surface area contributed by atoms with Crippen molar-refractivity contribution in [2.45, 2.75) is 6.92 Å². The van der Waals surface area contributed by atoms with Crippen LogP contribution in [0.3, 0.4) is 0 Å². The number of hydrazine groups is 1. The summed E-state index contributed by atoms with van der Waals surface area (Å²) < 4.78 is 0. The van der Waals surface area contributed by atoms with Crippen molar-refractivity contribution in [3.63, 3.8) is 0 Å². The maximum Gasteiger partial charge on any atom is 0.128 e. The number of nitrogens with one attached hydrogen (secondary N) is 1. The van der Waals surface area contributed by atoms with Crippen molar-refractivity contribution in [2.75, 3.05) is 37.6 Å². The van der Waals surface area contributed by atoms with E-state index in [0.29, 0.717) is 0 Å². The average molecular weight is 206 g/mol. The average Bonchev–Trinajstić information content (AvgIpc) is 2.32. The third-order valence-electron chi connectivity index (χ3n) is 2.63. The standard InChI is InChI=1S/C11H18N4/c1-2-13-15-9-7-14(8-10-15)11-5-3-4-6-12-11/h3-6,13H,2,7-10H2,1H3. The van der Waals surface area contributed by atoms with Crippen LogP contribution in [0.4, 0.5) is 5.82 Å². The summed E-state index contributed by atoms with van der Waals surface area (Å²) in [6, 6.07) is 6.07. The van der Waals surface area contributed by atoms with Crippen molar-refractivity contribution in [1.82, 2.24) is 15.4 Å². The molecular formula is C11H18N4. The van der Waals surface area contributed by atoms with Crippen molar-refractivity contribution >= 4 is 5.82 Å². The molecule has 1 fully saturated rings. The summed E-state index contributed by atoms with van der Waals surface area (Å²) in [4.78, 5) is 6.69. The zero-order valence-electron chi connectivity index (χ0n) is 9.19. The van der Waals surface area contributed by atoms with Crippen molar-refractivity contribution in [3.8, 4) is 0 Å².